The summed E-state index contributed by atoms with van der Waals surface area (Å²) in [6.45, 7) is 1.44. The molecule has 0 aromatic heterocycles. The van der Waals surface area contributed by atoms with Crippen LogP contribution in [0.5, 0.6) is 0 Å². The smallest absolute Gasteiger partial charge is 0.237 e. The fourth-order valence-corrected chi connectivity index (χ4v) is 0.338. The Balaban J connectivity index is 3.68. The topological polar surface area (TPSA) is 76.7 Å². The fraction of sp³-hybridized carbons (Fsp3) is 0.500. The third-order valence-corrected chi connectivity index (χ3v) is 0.929. The lowest BCUT2D eigenvalue weighted by Gasteiger charge is -1.99. The van der Waals surface area contributed by atoms with Crippen LogP contribution in [0.15, 0.2) is 0 Å². The van der Waals surface area contributed by atoms with Gasteiger partial charge in [0.15, 0.2) is 0 Å². The molecule has 0 aliphatic rings. The zero-order valence-corrected chi connectivity index (χ0v) is 5.59. The van der Waals surface area contributed by atoms with Crippen LogP contribution in [-0.2, 0) is 4.79 Å². The van der Waals surface area contributed by atoms with Crippen LogP contribution in [-0.4, -0.2) is 12.5 Å². The third-order valence-electron chi connectivity index (χ3n) is 0.929. The van der Waals surface area contributed by atoms with Crippen LogP contribution in [0.2, 0.25) is 0 Å². The predicted octanol–water partition coefficient (Wildman–Crippen LogP) is -0.214. The van der Waals surface area contributed by atoms with Gasteiger partial charge < -0.3 is 5.32 Å². The van der Waals surface area contributed by atoms with Crippen LogP contribution in [0.4, 0.5) is 0 Å². The first-order valence-electron chi connectivity index (χ1n) is 2.76. The standard InChI is InChI=1S/C6H7N3O/c1-5(4-8)6(10)9-3-2-7/h5H,3H2,1H3,(H,9,10). The van der Waals surface area contributed by atoms with Gasteiger partial charge in [0.2, 0.25) is 5.91 Å². The van der Waals surface area contributed by atoms with Gasteiger partial charge in [-0.2, -0.15) is 10.5 Å². The summed E-state index contributed by atoms with van der Waals surface area (Å²) in [5.74, 6) is -1.07. The Labute approximate surface area is 59.1 Å². The summed E-state index contributed by atoms with van der Waals surface area (Å²) in [7, 11) is 0. The Morgan fingerprint density at radius 2 is 2.30 bits per heavy atom. The van der Waals surface area contributed by atoms with Crippen LogP contribution in [0.25, 0.3) is 0 Å². The Morgan fingerprint density at radius 3 is 2.70 bits per heavy atom. The molecular weight excluding hydrogens is 130 g/mol. The van der Waals surface area contributed by atoms with Crippen molar-refractivity contribution in [1.29, 1.82) is 10.5 Å². The number of carbonyl (C=O) groups excluding carboxylic acids is 1. The van der Waals surface area contributed by atoms with Crippen LogP contribution in [0, 0.1) is 28.6 Å². The zero-order valence-electron chi connectivity index (χ0n) is 5.59. The molecule has 52 valence electrons. The Bertz CT molecular complexity index is 198. The van der Waals surface area contributed by atoms with Crippen molar-refractivity contribution in [1.82, 2.24) is 5.32 Å². The molecule has 0 aliphatic carbocycles. The Hall–Kier alpha value is -1.55. The van der Waals surface area contributed by atoms with Crippen molar-refractivity contribution in [2.24, 2.45) is 5.92 Å². The highest BCUT2D eigenvalue weighted by Gasteiger charge is 2.09. The van der Waals surface area contributed by atoms with E-state index in [2.05, 4.69) is 5.32 Å². The van der Waals surface area contributed by atoms with E-state index in [0.29, 0.717) is 0 Å². The van der Waals surface area contributed by atoms with Gasteiger partial charge in [-0.25, -0.2) is 0 Å². The first kappa shape index (κ1) is 8.45. The van der Waals surface area contributed by atoms with Gasteiger partial charge in [-0.3, -0.25) is 4.79 Å². The van der Waals surface area contributed by atoms with E-state index in [9.17, 15) is 4.79 Å². The van der Waals surface area contributed by atoms with Gasteiger partial charge >= 0.3 is 0 Å². The molecule has 0 heterocycles. The highest BCUT2D eigenvalue weighted by Crippen LogP contribution is 1.88. The summed E-state index contributed by atoms with van der Waals surface area (Å²) in [5, 5.41) is 18.5. The number of amides is 1. The lowest BCUT2D eigenvalue weighted by Crippen LogP contribution is -2.28. The van der Waals surface area contributed by atoms with Gasteiger partial charge in [0.05, 0.1) is 12.1 Å². The van der Waals surface area contributed by atoms with Gasteiger partial charge in [0.25, 0.3) is 0 Å². The minimum Gasteiger partial charge on any atom is -0.342 e. The lowest BCUT2D eigenvalue weighted by molar-refractivity contribution is -0.122. The second-order valence-electron chi connectivity index (χ2n) is 1.73. The molecule has 0 spiro atoms. The van der Waals surface area contributed by atoms with E-state index in [1.165, 1.54) is 6.92 Å². The molecule has 10 heavy (non-hydrogen) atoms. The second kappa shape index (κ2) is 4.34. The molecule has 0 aromatic rings. The van der Waals surface area contributed by atoms with Crippen LogP contribution in [0.3, 0.4) is 0 Å². The molecular formula is C6H7N3O. The van der Waals surface area contributed by atoms with Gasteiger partial charge in [-0.1, -0.05) is 0 Å². The highest BCUT2D eigenvalue weighted by atomic mass is 16.1. The molecule has 0 aromatic carbocycles. The molecule has 0 radical (unpaired) electrons. The normalized spacial score (nSPS) is 10.7. The van der Waals surface area contributed by atoms with Crippen molar-refractivity contribution >= 4 is 5.91 Å². The van der Waals surface area contributed by atoms with Crippen molar-refractivity contribution < 1.29 is 4.79 Å². The minimum atomic E-state index is -0.673. The molecule has 4 heteroatoms. The molecule has 0 saturated heterocycles. The minimum absolute atomic E-state index is 0.0369. The number of rotatable bonds is 2. The van der Waals surface area contributed by atoms with Crippen LogP contribution < -0.4 is 5.32 Å². The number of hydrogen-bond donors (Lipinski definition) is 1. The lowest BCUT2D eigenvalue weighted by atomic mass is 10.2. The van der Waals surface area contributed by atoms with Crippen LogP contribution >= 0.6 is 0 Å². The average Bonchev–Trinajstić information content (AvgIpc) is 1.98. The van der Waals surface area contributed by atoms with Gasteiger partial charge in [-0.05, 0) is 6.92 Å². The highest BCUT2D eigenvalue weighted by molar-refractivity contribution is 5.80. The van der Waals surface area contributed by atoms with Crippen molar-refractivity contribution in [2.75, 3.05) is 6.54 Å². The van der Waals surface area contributed by atoms with Crippen molar-refractivity contribution in [3.8, 4) is 12.1 Å². The summed E-state index contributed by atoms with van der Waals surface area (Å²) >= 11 is 0. The molecule has 0 saturated carbocycles. The molecule has 1 N–H and O–H groups in total. The number of hydrogen-bond acceptors (Lipinski definition) is 3. The fourth-order valence-electron chi connectivity index (χ4n) is 0.338. The molecule has 0 bridgehead atoms. The third kappa shape index (κ3) is 2.68. The number of nitrogens with zero attached hydrogens (tertiary/aromatic N) is 2. The molecule has 0 aliphatic heterocycles. The summed E-state index contributed by atoms with van der Waals surface area (Å²) in [6.07, 6.45) is 0. The largest absolute Gasteiger partial charge is 0.342 e. The van der Waals surface area contributed by atoms with E-state index in [4.69, 9.17) is 10.5 Å². The molecule has 0 rings (SSSR count). The van der Waals surface area contributed by atoms with Crippen molar-refractivity contribution in [2.45, 2.75) is 6.92 Å². The Kier molecular flexibility index (Phi) is 3.67. The quantitative estimate of drug-likeness (QED) is 0.535. The maximum absolute atomic E-state index is 10.6. The molecule has 0 fully saturated rings. The maximum Gasteiger partial charge on any atom is 0.237 e. The van der Waals surface area contributed by atoms with E-state index >= 15 is 0 Å². The zero-order chi connectivity index (χ0) is 7.98. The van der Waals surface area contributed by atoms with E-state index in [1.54, 1.807) is 12.1 Å². The van der Waals surface area contributed by atoms with E-state index in [-0.39, 0.29) is 6.54 Å². The predicted molar refractivity (Wildman–Crippen MR) is 33.4 cm³/mol. The van der Waals surface area contributed by atoms with Crippen molar-refractivity contribution in [3.05, 3.63) is 0 Å². The van der Waals surface area contributed by atoms with Crippen LogP contribution in [0.1, 0.15) is 6.92 Å². The molecule has 1 unspecified atom stereocenters. The average molecular weight is 137 g/mol. The summed E-state index contributed by atoms with van der Waals surface area (Å²) < 4.78 is 0. The first-order chi connectivity index (χ1) is 4.72. The van der Waals surface area contributed by atoms with E-state index in [1.807, 2.05) is 0 Å². The summed E-state index contributed by atoms with van der Waals surface area (Å²) in [4.78, 5) is 10.6. The van der Waals surface area contributed by atoms with E-state index in [0.717, 1.165) is 0 Å². The Morgan fingerprint density at radius 1 is 1.70 bits per heavy atom. The number of nitrogens with one attached hydrogen (secondary N) is 1. The SMILES string of the molecule is CC(C#N)C(=O)NCC#N. The first-order valence-corrected chi connectivity index (χ1v) is 2.76. The number of carbonyl (C=O) groups is 1. The number of nitriles is 2. The van der Waals surface area contributed by atoms with Gasteiger partial charge in [0.1, 0.15) is 12.5 Å². The summed E-state index contributed by atoms with van der Waals surface area (Å²) in [5.41, 5.74) is 0. The summed E-state index contributed by atoms with van der Waals surface area (Å²) in [6, 6.07) is 3.49. The second-order valence-corrected chi connectivity index (χ2v) is 1.73. The molecule has 4 nitrogen and oxygen atoms in total. The molecule has 1 amide bonds. The van der Waals surface area contributed by atoms with Gasteiger partial charge in [-0.15, -0.1) is 0 Å². The monoisotopic (exact) mass is 137 g/mol. The van der Waals surface area contributed by atoms with E-state index < -0.39 is 11.8 Å². The molecule has 1 atom stereocenters. The maximum atomic E-state index is 10.6. The van der Waals surface area contributed by atoms with Gasteiger partial charge in [0, 0.05) is 0 Å². The van der Waals surface area contributed by atoms with Crippen molar-refractivity contribution in [3.63, 3.8) is 0 Å².